The largest absolute Gasteiger partial charge is 0.471 e. The molecule has 0 bridgehead atoms. The first-order valence-electron chi connectivity index (χ1n) is 6.42. The number of hydrogen-bond acceptors (Lipinski definition) is 7. The fourth-order valence-electron chi connectivity index (χ4n) is 2.02. The Morgan fingerprint density at radius 2 is 2.17 bits per heavy atom. The predicted molar refractivity (Wildman–Crippen MR) is 69.8 cm³/mol. The van der Waals surface area contributed by atoms with E-state index in [1.165, 1.54) is 6.92 Å². The van der Waals surface area contributed by atoms with Crippen molar-refractivity contribution in [3.63, 3.8) is 0 Å². The van der Waals surface area contributed by atoms with Crippen LogP contribution in [0.5, 0.6) is 0 Å². The molecule has 9 nitrogen and oxygen atoms in total. The minimum Gasteiger partial charge on any atom is -0.442 e. The number of aromatic amines is 1. The van der Waals surface area contributed by atoms with E-state index in [4.69, 9.17) is 4.42 Å². The Morgan fingerprint density at radius 3 is 2.83 bits per heavy atom. The van der Waals surface area contributed by atoms with Gasteiger partial charge in [-0.25, -0.2) is 4.98 Å². The smallest absolute Gasteiger partial charge is 0.442 e. The summed E-state index contributed by atoms with van der Waals surface area (Å²) < 4.78 is 46.3. The van der Waals surface area contributed by atoms with E-state index in [1.807, 2.05) is 0 Å². The molecule has 2 N–H and O–H groups in total. The number of rotatable bonds is 3. The van der Waals surface area contributed by atoms with Gasteiger partial charge in [0.2, 0.25) is 5.71 Å². The number of H-pyrrole nitrogens is 1. The minimum atomic E-state index is -4.77. The van der Waals surface area contributed by atoms with Gasteiger partial charge in [-0.3, -0.25) is 9.59 Å². The highest BCUT2D eigenvalue weighted by Crippen LogP contribution is 2.27. The number of furan rings is 1. The summed E-state index contributed by atoms with van der Waals surface area (Å²) in [7, 11) is 0. The molecule has 126 valence electrons. The lowest BCUT2D eigenvalue weighted by Gasteiger charge is -2.01. The molecular weight excluding hydrogens is 335 g/mol. The van der Waals surface area contributed by atoms with Gasteiger partial charge in [-0.2, -0.15) is 18.2 Å². The van der Waals surface area contributed by atoms with Crippen LogP contribution in [0.15, 0.2) is 20.1 Å². The molecule has 0 radical (unpaired) electrons. The van der Waals surface area contributed by atoms with Crippen LogP contribution in [0.1, 0.15) is 27.8 Å². The maximum absolute atomic E-state index is 12.4. The van der Waals surface area contributed by atoms with Crippen LogP contribution >= 0.6 is 0 Å². The number of aromatic nitrogens is 4. The van der Waals surface area contributed by atoms with Crippen molar-refractivity contribution in [2.24, 2.45) is 0 Å². The highest BCUT2D eigenvalue weighted by molar-refractivity contribution is 6.06. The SMILES string of the molecule is Cc1oc2nc[nH]c(=O)c2c1C(=O)NCc1noc(C(F)(F)F)n1. The minimum absolute atomic E-state index is 0.0275. The first kappa shape index (κ1) is 15.7. The number of nitrogens with zero attached hydrogens (tertiary/aromatic N) is 3. The van der Waals surface area contributed by atoms with Gasteiger partial charge in [-0.15, -0.1) is 0 Å². The van der Waals surface area contributed by atoms with E-state index in [1.54, 1.807) is 0 Å². The fraction of sp³-hybridized carbons (Fsp3) is 0.250. The summed E-state index contributed by atoms with van der Waals surface area (Å²) in [6.45, 7) is 1.02. The van der Waals surface area contributed by atoms with E-state index < -0.39 is 30.1 Å². The zero-order valence-electron chi connectivity index (χ0n) is 11.9. The number of alkyl halides is 3. The molecule has 0 saturated heterocycles. The van der Waals surface area contributed by atoms with E-state index in [2.05, 4.69) is 29.9 Å². The van der Waals surface area contributed by atoms with E-state index in [-0.39, 0.29) is 28.2 Å². The highest BCUT2D eigenvalue weighted by atomic mass is 19.4. The Bertz CT molecular complexity index is 971. The maximum Gasteiger partial charge on any atom is 0.471 e. The average Bonchev–Trinajstić information content (AvgIpc) is 3.09. The van der Waals surface area contributed by atoms with Crippen LogP contribution < -0.4 is 10.9 Å². The van der Waals surface area contributed by atoms with Gasteiger partial charge >= 0.3 is 12.1 Å². The molecule has 0 aliphatic rings. The second-order valence-corrected chi connectivity index (χ2v) is 4.64. The van der Waals surface area contributed by atoms with Crippen LogP contribution in [-0.2, 0) is 12.7 Å². The molecule has 3 rings (SSSR count). The molecule has 0 fully saturated rings. The quantitative estimate of drug-likeness (QED) is 0.730. The van der Waals surface area contributed by atoms with Crippen molar-refractivity contribution in [2.45, 2.75) is 19.6 Å². The van der Waals surface area contributed by atoms with Gasteiger partial charge in [0.25, 0.3) is 11.5 Å². The van der Waals surface area contributed by atoms with Crippen LogP contribution in [-0.4, -0.2) is 26.0 Å². The second-order valence-electron chi connectivity index (χ2n) is 4.64. The summed E-state index contributed by atoms with van der Waals surface area (Å²) in [6.07, 6.45) is -3.65. The summed E-state index contributed by atoms with van der Waals surface area (Å²) >= 11 is 0. The molecule has 3 heterocycles. The Kier molecular flexibility index (Phi) is 3.58. The van der Waals surface area contributed by atoms with E-state index in [9.17, 15) is 22.8 Å². The second kappa shape index (κ2) is 5.47. The first-order valence-corrected chi connectivity index (χ1v) is 6.42. The highest BCUT2D eigenvalue weighted by Gasteiger charge is 2.38. The van der Waals surface area contributed by atoms with E-state index in [0.717, 1.165) is 6.33 Å². The van der Waals surface area contributed by atoms with Crippen LogP contribution in [0.4, 0.5) is 13.2 Å². The molecule has 0 aliphatic carbocycles. The number of carbonyl (C=O) groups is 1. The first-order chi connectivity index (χ1) is 11.3. The Hall–Kier alpha value is -3.18. The summed E-state index contributed by atoms with van der Waals surface area (Å²) in [5.41, 5.74) is -0.680. The van der Waals surface area contributed by atoms with Gasteiger partial charge in [-0.05, 0) is 6.92 Å². The van der Waals surface area contributed by atoms with Crippen molar-refractivity contribution in [3.05, 3.63) is 39.7 Å². The monoisotopic (exact) mass is 343 g/mol. The molecule has 0 aliphatic heterocycles. The Balaban J connectivity index is 1.82. The van der Waals surface area contributed by atoms with Gasteiger partial charge in [0.1, 0.15) is 11.1 Å². The fourth-order valence-corrected chi connectivity index (χ4v) is 2.02. The third-order valence-corrected chi connectivity index (χ3v) is 3.01. The zero-order valence-corrected chi connectivity index (χ0v) is 11.9. The molecule has 0 atom stereocenters. The zero-order chi connectivity index (χ0) is 17.5. The van der Waals surface area contributed by atoms with Crippen molar-refractivity contribution < 1.29 is 26.9 Å². The summed E-state index contributed by atoms with van der Waals surface area (Å²) in [5.74, 6) is -2.50. The molecular formula is C12H8F3N5O4. The normalized spacial score (nSPS) is 11.8. The van der Waals surface area contributed by atoms with Crippen molar-refractivity contribution in [1.82, 2.24) is 25.4 Å². The lowest BCUT2D eigenvalue weighted by atomic mass is 10.2. The molecule has 1 amide bonds. The molecule has 0 aromatic carbocycles. The molecule has 24 heavy (non-hydrogen) atoms. The Labute approximate surface area is 129 Å². The van der Waals surface area contributed by atoms with Crippen LogP contribution in [0.2, 0.25) is 0 Å². The van der Waals surface area contributed by atoms with Crippen molar-refractivity contribution >= 4 is 17.0 Å². The van der Waals surface area contributed by atoms with Crippen molar-refractivity contribution in [3.8, 4) is 0 Å². The van der Waals surface area contributed by atoms with Gasteiger partial charge in [0.05, 0.1) is 18.4 Å². The van der Waals surface area contributed by atoms with Gasteiger partial charge in [0.15, 0.2) is 5.82 Å². The molecule has 0 saturated carbocycles. The average molecular weight is 343 g/mol. The number of fused-ring (bicyclic) bond motifs is 1. The topological polar surface area (TPSA) is 127 Å². The van der Waals surface area contributed by atoms with Crippen molar-refractivity contribution in [1.29, 1.82) is 0 Å². The number of nitrogens with one attached hydrogen (secondary N) is 2. The third kappa shape index (κ3) is 2.73. The van der Waals surface area contributed by atoms with Crippen LogP contribution in [0.25, 0.3) is 11.1 Å². The van der Waals surface area contributed by atoms with E-state index >= 15 is 0 Å². The van der Waals surface area contributed by atoms with Gasteiger partial charge in [0, 0.05) is 0 Å². The van der Waals surface area contributed by atoms with E-state index in [0.29, 0.717) is 0 Å². The molecule has 0 spiro atoms. The third-order valence-electron chi connectivity index (χ3n) is 3.01. The predicted octanol–water partition coefficient (Wildman–Crippen LogP) is 1.16. The lowest BCUT2D eigenvalue weighted by Crippen LogP contribution is -2.25. The molecule has 3 aromatic heterocycles. The Morgan fingerprint density at radius 1 is 1.42 bits per heavy atom. The van der Waals surface area contributed by atoms with Crippen molar-refractivity contribution in [2.75, 3.05) is 0 Å². The molecule has 12 heteroatoms. The number of halogens is 3. The summed E-state index contributed by atoms with van der Waals surface area (Å²) in [4.78, 5) is 33.2. The molecule has 0 unspecified atom stereocenters. The number of amides is 1. The molecule has 3 aromatic rings. The van der Waals surface area contributed by atoms with Crippen LogP contribution in [0.3, 0.4) is 0 Å². The maximum atomic E-state index is 12.4. The van der Waals surface area contributed by atoms with Crippen LogP contribution in [0, 0.1) is 6.92 Å². The van der Waals surface area contributed by atoms with Gasteiger partial charge < -0.3 is 19.2 Å². The summed E-state index contributed by atoms with van der Waals surface area (Å²) in [5, 5.41) is 5.35. The lowest BCUT2D eigenvalue weighted by molar-refractivity contribution is -0.159. The standard InChI is InChI=1S/C12H8F3N5O4/c1-4-6(7-9(22)17-3-18-10(7)23-4)8(21)16-2-5-19-11(24-20-5)12(13,14)15/h3H,2H2,1H3,(H,16,21)(H,17,18,22). The van der Waals surface area contributed by atoms with Gasteiger partial charge in [-0.1, -0.05) is 5.16 Å². The number of aryl methyl sites for hydroxylation is 1. The number of carbonyl (C=O) groups excluding carboxylic acids is 1. The number of hydrogen-bond donors (Lipinski definition) is 2. The summed E-state index contributed by atoms with van der Waals surface area (Å²) in [6, 6.07) is 0.